The van der Waals surface area contributed by atoms with Gasteiger partial charge >= 0.3 is 0 Å². The van der Waals surface area contributed by atoms with E-state index >= 15 is 0 Å². The van der Waals surface area contributed by atoms with Gasteiger partial charge in [-0.3, -0.25) is 9.69 Å². The lowest BCUT2D eigenvalue weighted by atomic mass is 9.95. The molecule has 0 unspecified atom stereocenters. The molecule has 1 aliphatic heterocycles. The van der Waals surface area contributed by atoms with Crippen LogP contribution in [0.15, 0.2) is 22.7 Å². The number of nitrogens with zero attached hydrogens (tertiary/aromatic N) is 4. The topological polar surface area (TPSA) is 80.9 Å². The van der Waals surface area contributed by atoms with Crippen LogP contribution < -0.4 is 9.47 Å². The highest BCUT2D eigenvalue weighted by Gasteiger charge is 2.27. The average molecular weight is 417 g/mol. The van der Waals surface area contributed by atoms with Crippen LogP contribution in [0.2, 0.25) is 0 Å². The maximum atomic E-state index is 12.6. The van der Waals surface area contributed by atoms with E-state index in [1.165, 1.54) is 0 Å². The number of rotatable bonds is 9. The molecule has 30 heavy (non-hydrogen) atoms. The molecule has 1 aromatic carbocycles. The molecule has 0 radical (unpaired) electrons. The molecule has 1 aromatic heterocycles. The van der Waals surface area contributed by atoms with Crippen LogP contribution in [0.25, 0.3) is 11.4 Å². The van der Waals surface area contributed by atoms with Gasteiger partial charge in [0.2, 0.25) is 17.6 Å². The molecule has 1 saturated heterocycles. The molecule has 164 valence electrons. The van der Waals surface area contributed by atoms with E-state index in [-0.39, 0.29) is 11.8 Å². The lowest BCUT2D eigenvalue weighted by molar-refractivity contribution is -0.135. The van der Waals surface area contributed by atoms with Crippen molar-refractivity contribution in [2.75, 3.05) is 40.9 Å². The van der Waals surface area contributed by atoms with Gasteiger partial charge in [-0.2, -0.15) is 4.98 Å². The third kappa shape index (κ3) is 5.30. The number of hydrogen-bond donors (Lipinski definition) is 0. The molecule has 2 heterocycles. The fraction of sp³-hybridized carbons (Fsp3) is 0.591. The minimum Gasteiger partial charge on any atom is -0.493 e. The molecular weight excluding hydrogens is 384 g/mol. The largest absolute Gasteiger partial charge is 0.493 e. The number of amides is 1. The van der Waals surface area contributed by atoms with E-state index in [0.29, 0.717) is 29.8 Å². The van der Waals surface area contributed by atoms with Crippen molar-refractivity contribution in [1.29, 1.82) is 0 Å². The summed E-state index contributed by atoms with van der Waals surface area (Å²) in [6, 6.07) is 5.53. The summed E-state index contributed by atoms with van der Waals surface area (Å²) in [5.74, 6) is 2.77. The molecule has 1 fully saturated rings. The van der Waals surface area contributed by atoms with Gasteiger partial charge in [0, 0.05) is 25.1 Å². The highest BCUT2D eigenvalue weighted by Crippen LogP contribution is 2.31. The summed E-state index contributed by atoms with van der Waals surface area (Å²) in [7, 11) is 5.11. The van der Waals surface area contributed by atoms with Crippen LogP contribution in [0.4, 0.5) is 0 Å². The van der Waals surface area contributed by atoms with Gasteiger partial charge in [0.05, 0.1) is 20.8 Å². The predicted molar refractivity (Wildman–Crippen MR) is 113 cm³/mol. The van der Waals surface area contributed by atoms with Crippen molar-refractivity contribution < 1.29 is 18.8 Å². The second kappa shape index (κ2) is 10.4. The fourth-order valence-electron chi connectivity index (χ4n) is 3.76. The van der Waals surface area contributed by atoms with Crippen LogP contribution in [0.3, 0.4) is 0 Å². The first-order chi connectivity index (χ1) is 14.5. The van der Waals surface area contributed by atoms with Gasteiger partial charge in [0.1, 0.15) is 0 Å². The van der Waals surface area contributed by atoms with Gasteiger partial charge < -0.3 is 18.9 Å². The SMILES string of the molecule is CCCCN(C)C(=O)C1CCN(Cc2nc(-c3ccc(OC)c(OC)c3)no2)CC1. The molecule has 0 aliphatic carbocycles. The smallest absolute Gasteiger partial charge is 0.241 e. The first-order valence-corrected chi connectivity index (χ1v) is 10.6. The van der Waals surface area contributed by atoms with Crippen molar-refractivity contribution in [3.63, 3.8) is 0 Å². The predicted octanol–water partition coefficient (Wildman–Crippen LogP) is 3.22. The number of unbranched alkanes of at least 4 members (excludes halogenated alkanes) is 1. The molecule has 1 amide bonds. The van der Waals surface area contributed by atoms with Gasteiger partial charge in [-0.05, 0) is 50.6 Å². The zero-order chi connectivity index (χ0) is 21.5. The van der Waals surface area contributed by atoms with Crippen molar-refractivity contribution in [2.24, 2.45) is 5.92 Å². The highest BCUT2D eigenvalue weighted by atomic mass is 16.5. The van der Waals surface area contributed by atoms with Crippen LogP contribution in [0.1, 0.15) is 38.5 Å². The Bertz CT molecular complexity index is 830. The zero-order valence-corrected chi connectivity index (χ0v) is 18.4. The van der Waals surface area contributed by atoms with Crippen molar-refractivity contribution in [2.45, 2.75) is 39.2 Å². The third-order valence-electron chi connectivity index (χ3n) is 5.63. The minimum atomic E-state index is 0.119. The van der Waals surface area contributed by atoms with E-state index < -0.39 is 0 Å². The molecule has 0 atom stereocenters. The maximum absolute atomic E-state index is 12.6. The zero-order valence-electron chi connectivity index (χ0n) is 18.4. The van der Waals surface area contributed by atoms with Gasteiger partial charge in [0.15, 0.2) is 11.5 Å². The van der Waals surface area contributed by atoms with Gasteiger partial charge in [0.25, 0.3) is 0 Å². The van der Waals surface area contributed by atoms with E-state index in [1.54, 1.807) is 14.2 Å². The molecular formula is C22H32N4O4. The standard InChI is InChI=1S/C22H32N4O4/c1-5-6-11-25(2)22(27)16-9-12-26(13-10-16)15-20-23-21(24-30-20)17-7-8-18(28-3)19(14-17)29-4/h7-8,14,16H,5-6,9-13,15H2,1-4H3. The number of hydrogen-bond acceptors (Lipinski definition) is 7. The second-order valence-electron chi connectivity index (χ2n) is 7.75. The highest BCUT2D eigenvalue weighted by molar-refractivity contribution is 5.78. The molecule has 0 bridgehead atoms. The Morgan fingerprint density at radius 2 is 1.97 bits per heavy atom. The summed E-state index contributed by atoms with van der Waals surface area (Å²) in [6.07, 6.45) is 3.89. The third-order valence-corrected chi connectivity index (χ3v) is 5.63. The van der Waals surface area contributed by atoms with Crippen molar-refractivity contribution in [1.82, 2.24) is 19.9 Å². The summed E-state index contributed by atoms with van der Waals surface area (Å²) in [5, 5.41) is 4.11. The summed E-state index contributed by atoms with van der Waals surface area (Å²) in [5.41, 5.74) is 0.807. The molecule has 0 saturated carbocycles. The Balaban J connectivity index is 1.54. The summed E-state index contributed by atoms with van der Waals surface area (Å²) in [6.45, 7) is 5.28. The molecule has 2 aromatic rings. The molecule has 8 nitrogen and oxygen atoms in total. The quantitative estimate of drug-likeness (QED) is 0.621. The van der Waals surface area contributed by atoms with E-state index in [4.69, 9.17) is 14.0 Å². The van der Waals surface area contributed by atoms with Crippen LogP contribution in [-0.4, -0.2) is 66.7 Å². The van der Waals surface area contributed by atoms with Crippen LogP contribution in [0, 0.1) is 5.92 Å². The monoisotopic (exact) mass is 416 g/mol. The summed E-state index contributed by atoms with van der Waals surface area (Å²) < 4.78 is 16.1. The molecule has 8 heteroatoms. The van der Waals surface area contributed by atoms with E-state index in [1.807, 2.05) is 30.1 Å². The Kier molecular flexibility index (Phi) is 7.68. The number of carbonyl (C=O) groups is 1. The number of methoxy groups -OCH3 is 2. The van der Waals surface area contributed by atoms with Crippen LogP contribution >= 0.6 is 0 Å². The molecule has 0 spiro atoms. The number of likely N-dealkylation sites (tertiary alicyclic amines) is 1. The van der Waals surface area contributed by atoms with Crippen LogP contribution in [0.5, 0.6) is 11.5 Å². The minimum absolute atomic E-state index is 0.119. The Morgan fingerprint density at radius 1 is 1.23 bits per heavy atom. The number of carbonyl (C=O) groups excluding carboxylic acids is 1. The summed E-state index contributed by atoms with van der Waals surface area (Å²) in [4.78, 5) is 21.3. The molecule has 3 rings (SSSR count). The molecule has 0 N–H and O–H groups in total. The maximum Gasteiger partial charge on any atom is 0.241 e. The Hall–Kier alpha value is -2.61. The van der Waals surface area contributed by atoms with Gasteiger partial charge in [-0.25, -0.2) is 0 Å². The van der Waals surface area contributed by atoms with Gasteiger partial charge in [-0.15, -0.1) is 0 Å². The van der Waals surface area contributed by atoms with Crippen LogP contribution in [-0.2, 0) is 11.3 Å². The average Bonchev–Trinajstić information content (AvgIpc) is 3.25. The number of piperidine rings is 1. The number of aromatic nitrogens is 2. The van der Waals surface area contributed by atoms with Gasteiger partial charge in [-0.1, -0.05) is 18.5 Å². The number of benzene rings is 1. The summed E-state index contributed by atoms with van der Waals surface area (Å²) >= 11 is 0. The van der Waals surface area contributed by atoms with Crippen molar-refractivity contribution >= 4 is 5.91 Å². The van der Waals surface area contributed by atoms with Crippen molar-refractivity contribution in [3.8, 4) is 22.9 Å². The van der Waals surface area contributed by atoms with Crippen molar-refractivity contribution in [3.05, 3.63) is 24.1 Å². The fourth-order valence-corrected chi connectivity index (χ4v) is 3.76. The second-order valence-corrected chi connectivity index (χ2v) is 7.75. The normalized spacial score (nSPS) is 15.2. The lowest BCUT2D eigenvalue weighted by Crippen LogP contribution is -2.41. The molecule has 1 aliphatic rings. The van der Waals surface area contributed by atoms with E-state index in [0.717, 1.165) is 50.9 Å². The van der Waals surface area contributed by atoms with E-state index in [2.05, 4.69) is 22.0 Å². The Labute approximate surface area is 178 Å². The first-order valence-electron chi connectivity index (χ1n) is 10.6. The number of ether oxygens (including phenoxy) is 2. The first kappa shape index (κ1) is 22.1. The van der Waals surface area contributed by atoms with E-state index in [9.17, 15) is 4.79 Å². The Morgan fingerprint density at radius 3 is 2.63 bits per heavy atom. The lowest BCUT2D eigenvalue weighted by Gasteiger charge is -2.32.